The normalized spacial score (nSPS) is 11.1. The number of hydrogen-bond donors (Lipinski definition) is 3. The monoisotopic (exact) mass is 496 g/mol. The van der Waals surface area contributed by atoms with Gasteiger partial charge in [0.05, 0.1) is 24.7 Å². The van der Waals surface area contributed by atoms with E-state index >= 15 is 0 Å². The van der Waals surface area contributed by atoms with Crippen LogP contribution in [0.3, 0.4) is 0 Å². The van der Waals surface area contributed by atoms with Gasteiger partial charge in [-0.1, -0.05) is 42.5 Å². The average Bonchev–Trinajstić information content (AvgIpc) is 3.33. The summed E-state index contributed by atoms with van der Waals surface area (Å²) in [7, 11) is -2.94. The second kappa shape index (κ2) is 9.49. The summed E-state index contributed by atoms with van der Waals surface area (Å²) in [6, 6.07) is 15.3. The van der Waals surface area contributed by atoms with E-state index in [4.69, 9.17) is 4.74 Å². The van der Waals surface area contributed by atoms with Gasteiger partial charge in [0.25, 0.3) is 15.9 Å². The molecule has 34 heavy (non-hydrogen) atoms. The van der Waals surface area contributed by atoms with Gasteiger partial charge in [-0.3, -0.25) is 9.52 Å². The lowest BCUT2D eigenvalue weighted by Crippen LogP contribution is -2.17. The van der Waals surface area contributed by atoms with Gasteiger partial charge in [0.1, 0.15) is 16.5 Å². The van der Waals surface area contributed by atoms with E-state index in [2.05, 4.69) is 20.0 Å². The van der Waals surface area contributed by atoms with Crippen LogP contribution < -0.4 is 14.8 Å². The van der Waals surface area contributed by atoms with E-state index in [1.807, 2.05) is 30.3 Å². The number of nitrogens with zero attached hydrogens (tertiary/aromatic N) is 2. The standard InChI is InChI=1S/C23H20N4O5S2/c1-14-7-6-10-18(28)20(14)27-34(30,31)19-11-16(12-24-22(19)32-2)25-21(29)17-13-33-23(26-17)15-8-4-3-5-9-15/h3-13,27-28H,1-2H3,(H,25,29). The molecule has 0 aliphatic rings. The van der Waals surface area contributed by atoms with E-state index in [1.165, 1.54) is 36.8 Å². The first kappa shape index (κ1) is 23.2. The van der Waals surface area contributed by atoms with Crippen molar-refractivity contribution in [2.24, 2.45) is 0 Å². The molecule has 0 aliphatic carbocycles. The summed E-state index contributed by atoms with van der Waals surface area (Å²) >= 11 is 1.32. The van der Waals surface area contributed by atoms with Crippen molar-refractivity contribution in [3.05, 3.63) is 77.4 Å². The molecular formula is C23H20N4O5S2. The maximum absolute atomic E-state index is 13.1. The fourth-order valence-corrected chi connectivity index (χ4v) is 5.21. The van der Waals surface area contributed by atoms with Crippen LogP contribution in [0.5, 0.6) is 11.6 Å². The Balaban J connectivity index is 1.60. The van der Waals surface area contributed by atoms with Crippen LogP contribution in [-0.4, -0.2) is 36.5 Å². The molecule has 11 heteroatoms. The average molecular weight is 497 g/mol. The zero-order valence-electron chi connectivity index (χ0n) is 18.1. The van der Waals surface area contributed by atoms with Crippen LogP contribution >= 0.6 is 11.3 Å². The predicted octanol–water partition coefficient (Wildman–Crippen LogP) is 4.28. The number of nitrogens with one attached hydrogen (secondary N) is 2. The number of para-hydroxylation sites is 1. The molecule has 0 unspecified atom stereocenters. The van der Waals surface area contributed by atoms with Crippen molar-refractivity contribution in [2.75, 3.05) is 17.1 Å². The highest BCUT2D eigenvalue weighted by atomic mass is 32.2. The van der Waals surface area contributed by atoms with Crippen molar-refractivity contribution < 1.29 is 23.1 Å². The molecule has 0 aliphatic heterocycles. The number of anilines is 2. The molecule has 0 saturated heterocycles. The van der Waals surface area contributed by atoms with Crippen LogP contribution in [-0.2, 0) is 10.0 Å². The summed E-state index contributed by atoms with van der Waals surface area (Å²) in [6.45, 7) is 1.65. The number of carbonyl (C=O) groups is 1. The van der Waals surface area contributed by atoms with Gasteiger partial charge < -0.3 is 15.2 Å². The number of ether oxygens (including phenoxy) is 1. The van der Waals surface area contributed by atoms with Crippen LogP contribution in [0.4, 0.5) is 11.4 Å². The molecule has 9 nitrogen and oxygen atoms in total. The number of phenolic OH excluding ortho intramolecular Hbond substituents is 1. The zero-order chi connectivity index (χ0) is 24.3. The van der Waals surface area contributed by atoms with Crippen LogP contribution in [0.15, 0.2) is 71.1 Å². The van der Waals surface area contributed by atoms with Gasteiger partial charge in [0, 0.05) is 10.9 Å². The van der Waals surface area contributed by atoms with Crippen molar-refractivity contribution in [3.63, 3.8) is 0 Å². The Hall–Kier alpha value is -3.96. The summed E-state index contributed by atoms with van der Waals surface area (Å²) in [4.78, 5) is 20.8. The predicted molar refractivity (Wildman–Crippen MR) is 130 cm³/mol. The summed E-state index contributed by atoms with van der Waals surface area (Å²) in [5, 5.41) is 15.0. The Morgan fingerprint density at radius 1 is 1.12 bits per heavy atom. The molecule has 0 atom stereocenters. The minimum atomic E-state index is -4.22. The highest BCUT2D eigenvalue weighted by Crippen LogP contribution is 2.32. The van der Waals surface area contributed by atoms with Crippen molar-refractivity contribution in [3.8, 4) is 22.2 Å². The smallest absolute Gasteiger partial charge is 0.275 e. The van der Waals surface area contributed by atoms with Crippen molar-refractivity contribution in [1.82, 2.24) is 9.97 Å². The summed E-state index contributed by atoms with van der Waals surface area (Å²) in [6.07, 6.45) is 1.28. The molecule has 174 valence electrons. The van der Waals surface area contributed by atoms with E-state index in [0.29, 0.717) is 10.6 Å². The third kappa shape index (κ3) is 4.85. The van der Waals surface area contributed by atoms with Gasteiger partial charge >= 0.3 is 0 Å². The number of rotatable bonds is 7. The van der Waals surface area contributed by atoms with Gasteiger partial charge in [-0.2, -0.15) is 0 Å². The van der Waals surface area contributed by atoms with Crippen LogP contribution in [0.2, 0.25) is 0 Å². The fourth-order valence-electron chi connectivity index (χ4n) is 3.11. The minimum absolute atomic E-state index is 0.0370. The van der Waals surface area contributed by atoms with Crippen LogP contribution in [0.25, 0.3) is 10.6 Å². The number of amides is 1. The number of aromatic hydroxyl groups is 1. The van der Waals surface area contributed by atoms with E-state index in [1.54, 1.807) is 24.4 Å². The van der Waals surface area contributed by atoms with Crippen molar-refractivity contribution in [1.29, 1.82) is 0 Å². The molecule has 0 spiro atoms. The number of phenols is 1. The maximum atomic E-state index is 13.1. The number of carbonyl (C=O) groups excluding carboxylic acids is 1. The number of aryl methyl sites for hydroxylation is 1. The quantitative estimate of drug-likeness (QED) is 0.326. The lowest BCUT2D eigenvalue weighted by atomic mass is 10.2. The van der Waals surface area contributed by atoms with E-state index in [9.17, 15) is 18.3 Å². The Bertz CT molecular complexity index is 1430. The van der Waals surface area contributed by atoms with Crippen molar-refractivity contribution in [2.45, 2.75) is 11.8 Å². The van der Waals surface area contributed by atoms with Gasteiger partial charge in [-0.25, -0.2) is 18.4 Å². The number of aromatic nitrogens is 2. The van der Waals surface area contributed by atoms with E-state index in [-0.39, 0.29) is 33.6 Å². The van der Waals surface area contributed by atoms with Crippen molar-refractivity contribution >= 4 is 38.6 Å². The molecule has 2 aromatic carbocycles. The van der Waals surface area contributed by atoms with Crippen LogP contribution in [0, 0.1) is 6.92 Å². The molecule has 0 radical (unpaired) electrons. The Morgan fingerprint density at radius 3 is 2.59 bits per heavy atom. The summed E-state index contributed by atoms with van der Waals surface area (Å²) in [5.41, 5.74) is 1.77. The first-order chi connectivity index (χ1) is 16.3. The van der Waals surface area contributed by atoms with Gasteiger partial charge in [0.15, 0.2) is 4.90 Å². The number of methoxy groups -OCH3 is 1. The summed E-state index contributed by atoms with van der Waals surface area (Å²) in [5.74, 6) is -0.908. The molecule has 0 bridgehead atoms. The van der Waals surface area contributed by atoms with E-state index < -0.39 is 15.9 Å². The van der Waals surface area contributed by atoms with E-state index in [0.717, 1.165) is 5.56 Å². The van der Waals surface area contributed by atoms with Crippen LogP contribution in [0.1, 0.15) is 16.1 Å². The molecule has 0 saturated carbocycles. The fraction of sp³-hybridized carbons (Fsp3) is 0.0870. The summed E-state index contributed by atoms with van der Waals surface area (Å²) < 4.78 is 33.6. The molecule has 2 aromatic heterocycles. The molecule has 1 amide bonds. The highest BCUT2D eigenvalue weighted by molar-refractivity contribution is 7.92. The number of sulfonamides is 1. The molecule has 0 fully saturated rings. The second-order valence-corrected chi connectivity index (χ2v) is 9.67. The maximum Gasteiger partial charge on any atom is 0.275 e. The minimum Gasteiger partial charge on any atom is -0.506 e. The molecular weight excluding hydrogens is 476 g/mol. The highest BCUT2D eigenvalue weighted by Gasteiger charge is 2.24. The first-order valence-electron chi connectivity index (χ1n) is 9.96. The largest absolute Gasteiger partial charge is 0.506 e. The number of hydrogen-bond acceptors (Lipinski definition) is 8. The lowest BCUT2D eigenvalue weighted by molar-refractivity contribution is 0.102. The Morgan fingerprint density at radius 2 is 1.88 bits per heavy atom. The SMILES string of the molecule is COc1ncc(NC(=O)c2csc(-c3ccccc3)n2)cc1S(=O)(=O)Nc1c(C)cccc1O. The topological polar surface area (TPSA) is 131 Å². The molecule has 4 aromatic rings. The Kier molecular flexibility index (Phi) is 6.48. The third-order valence-electron chi connectivity index (χ3n) is 4.80. The molecule has 3 N–H and O–H groups in total. The second-order valence-electron chi connectivity index (χ2n) is 7.16. The van der Waals surface area contributed by atoms with Gasteiger partial charge in [0.2, 0.25) is 5.88 Å². The third-order valence-corrected chi connectivity index (χ3v) is 7.04. The molecule has 2 heterocycles. The first-order valence-corrected chi connectivity index (χ1v) is 12.3. The Labute approximate surface area is 200 Å². The number of benzene rings is 2. The van der Waals surface area contributed by atoms with Gasteiger partial charge in [-0.15, -0.1) is 11.3 Å². The number of pyridine rings is 1. The lowest BCUT2D eigenvalue weighted by Gasteiger charge is -2.14. The zero-order valence-corrected chi connectivity index (χ0v) is 19.8. The van der Waals surface area contributed by atoms with Gasteiger partial charge in [-0.05, 0) is 24.6 Å². The molecule has 4 rings (SSSR count). The number of thiazole rings is 1.